The summed E-state index contributed by atoms with van der Waals surface area (Å²) in [5.74, 6) is 0. The standard InChI is InChI=1S/C9H14BrNS/c1-6(2)11-7(3)8-4-5-9(10)12-8/h4-7,11H,1-3H3/t7-/m0/s1. The first-order valence-corrected chi connectivity index (χ1v) is 5.72. The molecule has 0 saturated heterocycles. The second kappa shape index (κ2) is 4.40. The second-order valence-corrected chi connectivity index (χ2v) is 5.68. The fourth-order valence-corrected chi connectivity index (χ4v) is 2.58. The molecule has 1 atom stereocenters. The molecule has 0 aliphatic carbocycles. The zero-order chi connectivity index (χ0) is 9.14. The highest BCUT2D eigenvalue weighted by molar-refractivity contribution is 9.11. The van der Waals surface area contributed by atoms with E-state index in [2.05, 4.69) is 54.2 Å². The predicted octanol–water partition coefficient (Wildman–Crippen LogP) is 3.57. The molecule has 0 aromatic carbocycles. The molecule has 12 heavy (non-hydrogen) atoms. The van der Waals surface area contributed by atoms with Crippen molar-refractivity contribution in [2.24, 2.45) is 0 Å². The number of hydrogen-bond donors (Lipinski definition) is 1. The SMILES string of the molecule is CC(C)N[C@@H](C)c1ccc(Br)s1. The first kappa shape index (κ1) is 10.2. The quantitative estimate of drug-likeness (QED) is 0.862. The largest absolute Gasteiger partial charge is 0.307 e. The third-order valence-electron chi connectivity index (χ3n) is 1.60. The smallest absolute Gasteiger partial charge is 0.0701 e. The van der Waals surface area contributed by atoms with Crippen molar-refractivity contribution in [3.05, 3.63) is 20.8 Å². The Labute approximate surface area is 86.3 Å². The van der Waals surface area contributed by atoms with E-state index in [0.717, 1.165) is 0 Å². The van der Waals surface area contributed by atoms with E-state index >= 15 is 0 Å². The zero-order valence-electron chi connectivity index (χ0n) is 7.60. The van der Waals surface area contributed by atoms with Crippen LogP contribution >= 0.6 is 27.3 Å². The van der Waals surface area contributed by atoms with E-state index in [0.29, 0.717) is 12.1 Å². The second-order valence-electron chi connectivity index (χ2n) is 3.18. The summed E-state index contributed by atoms with van der Waals surface area (Å²) >= 11 is 5.25. The highest BCUT2D eigenvalue weighted by atomic mass is 79.9. The van der Waals surface area contributed by atoms with Crippen LogP contribution in [0.25, 0.3) is 0 Å². The third kappa shape index (κ3) is 2.88. The van der Waals surface area contributed by atoms with Crippen LogP contribution in [0.5, 0.6) is 0 Å². The lowest BCUT2D eigenvalue weighted by Crippen LogP contribution is -2.25. The topological polar surface area (TPSA) is 12.0 Å². The van der Waals surface area contributed by atoms with Crippen molar-refractivity contribution in [2.45, 2.75) is 32.9 Å². The van der Waals surface area contributed by atoms with Gasteiger partial charge in [0, 0.05) is 17.0 Å². The van der Waals surface area contributed by atoms with E-state index in [9.17, 15) is 0 Å². The molecule has 0 bridgehead atoms. The lowest BCUT2D eigenvalue weighted by Gasteiger charge is -2.14. The van der Waals surface area contributed by atoms with Crippen LogP contribution in [0.1, 0.15) is 31.7 Å². The van der Waals surface area contributed by atoms with E-state index in [4.69, 9.17) is 0 Å². The summed E-state index contributed by atoms with van der Waals surface area (Å²) in [6.07, 6.45) is 0. The maximum Gasteiger partial charge on any atom is 0.0701 e. The molecule has 0 fully saturated rings. The Morgan fingerprint density at radius 3 is 2.42 bits per heavy atom. The Balaban J connectivity index is 2.58. The minimum Gasteiger partial charge on any atom is -0.307 e. The number of thiophene rings is 1. The van der Waals surface area contributed by atoms with Gasteiger partial charge in [0.05, 0.1) is 3.79 Å². The third-order valence-corrected chi connectivity index (χ3v) is 3.41. The molecule has 68 valence electrons. The van der Waals surface area contributed by atoms with Crippen molar-refractivity contribution in [1.82, 2.24) is 5.32 Å². The monoisotopic (exact) mass is 247 g/mol. The minimum atomic E-state index is 0.460. The molecule has 3 heteroatoms. The molecule has 0 unspecified atom stereocenters. The Bertz CT molecular complexity index is 244. The molecule has 1 aromatic rings. The molecule has 1 heterocycles. The summed E-state index contributed by atoms with van der Waals surface area (Å²) in [4.78, 5) is 1.38. The van der Waals surface area contributed by atoms with Gasteiger partial charge in [-0.2, -0.15) is 0 Å². The van der Waals surface area contributed by atoms with Gasteiger partial charge >= 0.3 is 0 Å². The molecular formula is C9H14BrNS. The zero-order valence-corrected chi connectivity index (χ0v) is 10.00. The summed E-state index contributed by atoms with van der Waals surface area (Å²) < 4.78 is 1.20. The molecule has 0 aliphatic heterocycles. The fourth-order valence-electron chi connectivity index (χ4n) is 1.14. The molecule has 1 nitrogen and oxygen atoms in total. The molecule has 1 N–H and O–H groups in total. The average molecular weight is 248 g/mol. The van der Waals surface area contributed by atoms with Crippen LogP contribution in [-0.4, -0.2) is 6.04 Å². The molecule has 1 rings (SSSR count). The Morgan fingerprint density at radius 2 is 2.00 bits per heavy atom. The summed E-state index contributed by atoms with van der Waals surface area (Å²) in [5.41, 5.74) is 0. The van der Waals surface area contributed by atoms with Gasteiger partial charge in [-0.25, -0.2) is 0 Å². The van der Waals surface area contributed by atoms with Gasteiger partial charge in [0.2, 0.25) is 0 Å². The van der Waals surface area contributed by atoms with Crippen LogP contribution in [0.2, 0.25) is 0 Å². The summed E-state index contributed by atoms with van der Waals surface area (Å²) in [7, 11) is 0. The fraction of sp³-hybridized carbons (Fsp3) is 0.556. The van der Waals surface area contributed by atoms with Gasteiger partial charge in [-0.05, 0) is 35.0 Å². The van der Waals surface area contributed by atoms with Gasteiger partial charge in [-0.15, -0.1) is 11.3 Å². The van der Waals surface area contributed by atoms with E-state index in [1.165, 1.54) is 8.66 Å². The first-order valence-electron chi connectivity index (χ1n) is 4.11. The van der Waals surface area contributed by atoms with E-state index in [-0.39, 0.29) is 0 Å². The Kier molecular flexibility index (Phi) is 3.75. The Morgan fingerprint density at radius 1 is 1.33 bits per heavy atom. The predicted molar refractivity (Wildman–Crippen MR) is 58.7 cm³/mol. The minimum absolute atomic E-state index is 0.460. The Hall–Kier alpha value is 0.140. The van der Waals surface area contributed by atoms with Crippen LogP contribution < -0.4 is 5.32 Å². The molecule has 0 aliphatic rings. The van der Waals surface area contributed by atoms with Gasteiger partial charge in [-0.1, -0.05) is 13.8 Å². The molecular weight excluding hydrogens is 234 g/mol. The van der Waals surface area contributed by atoms with Gasteiger partial charge in [0.25, 0.3) is 0 Å². The summed E-state index contributed by atoms with van der Waals surface area (Å²) in [6.45, 7) is 6.52. The van der Waals surface area contributed by atoms with Crippen molar-refractivity contribution >= 4 is 27.3 Å². The maximum atomic E-state index is 3.46. The normalized spacial score (nSPS) is 13.8. The summed E-state index contributed by atoms with van der Waals surface area (Å²) in [5, 5.41) is 3.46. The first-order chi connectivity index (χ1) is 5.59. The van der Waals surface area contributed by atoms with E-state index in [1.54, 1.807) is 11.3 Å². The lowest BCUT2D eigenvalue weighted by molar-refractivity contribution is 0.512. The van der Waals surface area contributed by atoms with Crippen LogP contribution in [0.3, 0.4) is 0 Å². The number of hydrogen-bond acceptors (Lipinski definition) is 2. The number of rotatable bonds is 3. The highest BCUT2D eigenvalue weighted by Crippen LogP contribution is 2.27. The van der Waals surface area contributed by atoms with Crippen molar-refractivity contribution in [1.29, 1.82) is 0 Å². The number of halogens is 1. The summed E-state index contributed by atoms with van der Waals surface area (Å²) in [6, 6.07) is 5.26. The van der Waals surface area contributed by atoms with Gasteiger partial charge in [0.15, 0.2) is 0 Å². The van der Waals surface area contributed by atoms with Gasteiger partial charge < -0.3 is 5.32 Å². The van der Waals surface area contributed by atoms with Crippen molar-refractivity contribution in [2.75, 3.05) is 0 Å². The molecule has 0 saturated carbocycles. The molecule has 0 spiro atoms. The van der Waals surface area contributed by atoms with Gasteiger partial charge in [-0.3, -0.25) is 0 Å². The van der Waals surface area contributed by atoms with Crippen molar-refractivity contribution in [3.63, 3.8) is 0 Å². The van der Waals surface area contributed by atoms with Crippen molar-refractivity contribution in [3.8, 4) is 0 Å². The van der Waals surface area contributed by atoms with Crippen LogP contribution in [0, 0.1) is 0 Å². The highest BCUT2D eigenvalue weighted by Gasteiger charge is 2.07. The van der Waals surface area contributed by atoms with Gasteiger partial charge in [0.1, 0.15) is 0 Å². The molecule has 0 radical (unpaired) electrons. The number of nitrogens with one attached hydrogen (secondary N) is 1. The average Bonchev–Trinajstić information content (AvgIpc) is 2.34. The van der Waals surface area contributed by atoms with Crippen LogP contribution in [0.4, 0.5) is 0 Å². The van der Waals surface area contributed by atoms with Crippen molar-refractivity contribution < 1.29 is 0 Å². The van der Waals surface area contributed by atoms with E-state index < -0.39 is 0 Å². The maximum absolute atomic E-state index is 3.46. The molecule has 1 aromatic heterocycles. The lowest BCUT2D eigenvalue weighted by atomic mass is 10.2. The molecule has 0 amide bonds. The van der Waals surface area contributed by atoms with E-state index in [1.807, 2.05) is 0 Å². The van der Waals surface area contributed by atoms with Crippen LogP contribution in [0.15, 0.2) is 15.9 Å². The van der Waals surface area contributed by atoms with Crippen LogP contribution in [-0.2, 0) is 0 Å².